The maximum absolute atomic E-state index is 16.3. The van der Waals surface area contributed by atoms with Crippen LogP contribution in [0.2, 0.25) is 18.6 Å². The Hall–Kier alpha value is -3.71. The summed E-state index contributed by atoms with van der Waals surface area (Å²) >= 11 is 3.61. The first kappa shape index (κ1) is 32.8. The zero-order valence-corrected chi connectivity index (χ0v) is 29.8. The van der Waals surface area contributed by atoms with Gasteiger partial charge in [0.25, 0.3) is 5.91 Å². The molecule has 1 aromatic heterocycles. The van der Waals surface area contributed by atoms with Gasteiger partial charge in [0, 0.05) is 52.9 Å². The highest BCUT2D eigenvalue weighted by Crippen LogP contribution is 2.60. The SMILES string of the molecule is C[C@@H]1[C@@H]([Si](C)(C)F)[C@H](CCn2cc(C(CO)c3ccccc3)nn2)O[C@@]12C(=O)N(Cc1cccc(N3CCC3=O)c1)c1ccc(Br)cc12. The van der Waals surface area contributed by atoms with Crippen molar-refractivity contribution < 1.29 is 23.5 Å². The van der Waals surface area contributed by atoms with Crippen LogP contribution in [0.5, 0.6) is 0 Å². The van der Waals surface area contributed by atoms with Crippen LogP contribution in [0.15, 0.2) is 83.5 Å². The molecule has 4 heterocycles. The van der Waals surface area contributed by atoms with Gasteiger partial charge in [0.15, 0.2) is 5.60 Å². The molecule has 0 radical (unpaired) electrons. The van der Waals surface area contributed by atoms with Crippen LogP contribution in [0.25, 0.3) is 0 Å². The topological polar surface area (TPSA) is 101 Å². The summed E-state index contributed by atoms with van der Waals surface area (Å²) in [6.07, 6.45) is 2.28. The summed E-state index contributed by atoms with van der Waals surface area (Å²) < 4.78 is 25.8. The number of aliphatic hydroxyl groups is 1. The normalized spacial score (nSPS) is 24.3. The molecule has 5 atom stereocenters. The molecule has 3 aliphatic rings. The van der Waals surface area contributed by atoms with Crippen molar-refractivity contribution in [3.63, 3.8) is 0 Å². The Kier molecular flexibility index (Phi) is 8.63. The first-order chi connectivity index (χ1) is 23.0. The number of nitrogens with zero attached hydrogens (tertiary/aromatic N) is 5. The highest BCUT2D eigenvalue weighted by atomic mass is 79.9. The second-order valence-corrected chi connectivity index (χ2v) is 18.3. The van der Waals surface area contributed by atoms with Crippen molar-refractivity contribution in [2.75, 3.05) is 23.0 Å². The van der Waals surface area contributed by atoms with Crippen molar-refractivity contribution in [3.8, 4) is 0 Å². The third-order valence-electron chi connectivity index (χ3n) is 10.3. The molecule has 7 rings (SSSR count). The number of carbonyl (C=O) groups excluding carboxylic acids is 2. The highest BCUT2D eigenvalue weighted by Gasteiger charge is 2.66. The Morgan fingerprint density at radius 1 is 1.10 bits per heavy atom. The van der Waals surface area contributed by atoms with Crippen molar-refractivity contribution in [3.05, 3.63) is 106 Å². The number of aromatic nitrogens is 3. The molecular weight excluding hydrogens is 693 g/mol. The number of ether oxygens (including phenoxy) is 1. The quantitative estimate of drug-likeness (QED) is 0.117. The van der Waals surface area contributed by atoms with E-state index in [4.69, 9.17) is 4.74 Å². The van der Waals surface area contributed by atoms with Gasteiger partial charge in [-0.1, -0.05) is 70.5 Å². The monoisotopic (exact) mass is 731 g/mol. The summed E-state index contributed by atoms with van der Waals surface area (Å²) in [5.74, 6) is -0.836. The van der Waals surface area contributed by atoms with Crippen molar-refractivity contribution in [1.82, 2.24) is 15.0 Å². The molecule has 4 aromatic rings. The molecule has 9 nitrogen and oxygen atoms in total. The number of fused-ring (bicyclic) bond motifs is 2. The molecule has 3 aromatic carbocycles. The third-order valence-corrected chi connectivity index (χ3v) is 13.2. The van der Waals surface area contributed by atoms with Crippen LogP contribution in [0.1, 0.15) is 48.1 Å². The van der Waals surface area contributed by atoms with Crippen LogP contribution in [0, 0.1) is 5.92 Å². The van der Waals surface area contributed by atoms with Crippen molar-refractivity contribution in [2.45, 2.75) is 69.1 Å². The number of β-lactam (4-membered cyclic amide) rings is 1. The number of benzene rings is 3. The summed E-state index contributed by atoms with van der Waals surface area (Å²) in [7, 11) is -3.35. The largest absolute Gasteiger partial charge is 0.395 e. The second-order valence-electron chi connectivity index (χ2n) is 13.6. The summed E-state index contributed by atoms with van der Waals surface area (Å²) in [6.45, 7) is 6.65. The molecule has 2 amide bonds. The molecule has 0 bridgehead atoms. The standard InChI is InChI=1S/C36H39BrFN5O4Si/c1-23-34(48(2,3)38)32(14-16-41-21-30(39-40-41)28(22-44)25-9-5-4-6-10-25)47-36(23)29-19-26(37)12-13-31(29)43(35(36)46)20-24-8-7-11-27(18-24)42-17-15-33(42)45/h4-13,18-19,21,23,28,32,34,44H,14-17,20,22H2,1-3H3/t23-,28?,32+,34-,36+/m1/s1. The number of hydrogen-bond acceptors (Lipinski definition) is 6. The summed E-state index contributed by atoms with van der Waals surface area (Å²) in [4.78, 5) is 30.4. The van der Waals surface area contributed by atoms with Crippen LogP contribution in [0.4, 0.5) is 15.5 Å². The lowest BCUT2D eigenvalue weighted by Gasteiger charge is -2.32. The van der Waals surface area contributed by atoms with E-state index in [9.17, 15) is 14.7 Å². The number of anilines is 2. The molecule has 1 spiro atoms. The van der Waals surface area contributed by atoms with Gasteiger partial charge >= 0.3 is 0 Å². The smallest absolute Gasteiger partial charge is 0.264 e. The molecule has 2 fully saturated rings. The summed E-state index contributed by atoms with van der Waals surface area (Å²) in [5, 5.41) is 18.8. The van der Waals surface area contributed by atoms with Crippen molar-refractivity contribution >= 4 is 47.5 Å². The zero-order valence-electron chi connectivity index (χ0n) is 27.2. The summed E-state index contributed by atoms with van der Waals surface area (Å²) in [5.41, 5.74) is 3.00. The Labute approximate surface area is 289 Å². The van der Waals surface area contributed by atoms with Gasteiger partial charge in [0.2, 0.25) is 14.3 Å². The second kappa shape index (κ2) is 12.6. The van der Waals surface area contributed by atoms with Crippen LogP contribution in [0.3, 0.4) is 0 Å². The predicted molar refractivity (Wildman–Crippen MR) is 187 cm³/mol. The Balaban J connectivity index is 1.17. The lowest BCUT2D eigenvalue weighted by Crippen LogP contribution is -2.45. The van der Waals surface area contributed by atoms with E-state index in [1.807, 2.05) is 85.9 Å². The van der Waals surface area contributed by atoms with E-state index in [2.05, 4.69) is 26.2 Å². The van der Waals surface area contributed by atoms with Crippen molar-refractivity contribution in [1.29, 1.82) is 0 Å². The van der Waals surface area contributed by atoms with Gasteiger partial charge in [-0.05, 0) is 61.0 Å². The third kappa shape index (κ3) is 5.62. The first-order valence-corrected chi connectivity index (χ1v) is 20.2. The van der Waals surface area contributed by atoms with Gasteiger partial charge in [-0.25, -0.2) is 0 Å². The fourth-order valence-electron chi connectivity index (χ4n) is 7.94. The fraction of sp³-hybridized carbons (Fsp3) is 0.389. The van der Waals surface area contributed by atoms with Crippen LogP contribution >= 0.6 is 15.9 Å². The van der Waals surface area contributed by atoms with E-state index < -0.39 is 31.6 Å². The molecule has 12 heteroatoms. The zero-order chi connectivity index (χ0) is 33.8. The Bertz CT molecular complexity index is 1850. The van der Waals surface area contributed by atoms with E-state index in [0.29, 0.717) is 38.2 Å². The van der Waals surface area contributed by atoms with E-state index in [1.165, 1.54) is 0 Å². The molecule has 0 aliphatic carbocycles. The lowest BCUT2D eigenvalue weighted by atomic mass is 9.82. The number of hydrogen-bond donors (Lipinski definition) is 1. The fourth-order valence-corrected chi connectivity index (χ4v) is 10.8. The van der Waals surface area contributed by atoms with Gasteiger partial charge in [0.05, 0.1) is 36.6 Å². The lowest BCUT2D eigenvalue weighted by molar-refractivity contribution is -0.146. The van der Waals surface area contributed by atoms with Gasteiger partial charge < -0.3 is 23.8 Å². The predicted octanol–water partition coefficient (Wildman–Crippen LogP) is 6.31. The van der Waals surface area contributed by atoms with E-state index >= 15 is 4.11 Å². The van der Waals surface area contributed by atoms with E-state index in [0.717, 1.165) is 32.5 Å². The van der Waals surface area contributed by atoms with E-state index in [1.54, 1.807) is 27.6 Å². The average Bonchev–Trinajstić information content (AvgIpc) is 3.71. The Morgan fingerprint density at radius 2 is 1.90 bits per heavy atom. The van der Waals surface area contributed by atoms with E-state index in [-0.39, 0.29) is 24.3 Å². The maximum atomic E-state index is 16.3. The molecule has 0 saturated carbocycles. The van der Waals surface area contributed by atoms with Crippen molar-refractivity contribution in [2.24, 2.45) is 5.92 Å². The van der Waals surface area contributed by atoms with Crippen LogP contribution < -0.4 is 9.80 Å². The Morgan fingerprint density at radius 3 is 2.58 bits per heavy atom. The van der Waals surface area contributed by atoms with Gasteiger partial charge in [0.1, 0.15) is 0 Å². The first-order valence-electron chi connectivity index (χ1n) is 16.4. The molecular formula is C36H39BrFN5O4Si. The molecule has 2 saturated heterocycles. The minimum absolute atomic E-state index is 0.0911. The molecule has 3 aliphatic heterocycles. The van der Waals surface area contributed by atoms with Gasteiger partial charge in [-0.15, -0.1) is 5.10 Å². The van der Waals surface area contributed by atoms with Crippen LogP contribution in [-0.4, -0.2) is 59.6 Å². The number of aryl methyl sites for hydroxylation is 1. The number of aliphatic hydroxyl groups excluding tert-OH is 1. The maximum Gasteiger partial charge on any atom is 0.264 e. The number of amides is 2. The summed E-state index contributed by atoms with van der Waals surface area (Å²) in [6, 6.07) is 23.2. The van der Waals surface area contributed by atoms with Gasteiger partial charge in [-0.3, -0.25) is 14.3 Å². The molecule has 250 valence electrons. The number of rotatable bonds is 10. The number of halogens is 2. The van der Waals surface area contributed by atoms with Crippen LogP contribution in [-0.2, 0) is 33.0 Å². The molecule has 48 heavy (non-hydrogen) atoms. The average molecular weight is 733 g/mol. The molecule has 1 N–H and O–H groups in total. The highest BCUT2D eigenvalue weighted by molar-refractivity contribution is 9.10. The van der Waals surface area contributed by atoms with Gasteiger partial charge in [-0.2, -0.15) is 0 Å². The molecule has 1 unspecified atom stereocenters. The number of carbonyl (C=O) groups is 2. The minimum atomic E-state index is -3.35. The minimum Gasteiger partial charge on any atom is -0.395 e.